The molecule has 22 heavy (non-hydrogen) atoms. The Morgan fingerprint density at radius 3 is 1.95 bits per heavy atom. The normalized spacial score (nSPS) is 10.5. The molecule has 0 aliphatic rings. The third kappa shape index (κ3) is 6.18. The molecule has 0 aliphatic heterocycles. The predicted molar refractivity (Wildman–Crippen MR) is 94.6 cm³/mol. The first-order valence-electron chi connectivity index (χ1n) is 6.63. The Balaban J connectivity index is 0.000000235. The Bertz CT molecular complexity index is 601. The van der Waals surface area contributed by atoms with E-state index in [0.29, 0.717) is 16.8 Å². The van der Waals surface area contributed by atoms with Crippen LogP contribution in [-0.2, 0) is 0 Å². The number of halogens is 2. The van der Waals surface area contributed by atoms with Crippen molar-refractivity contribution in [2.45, 2.75) is 14.8 Å². The number of pyridine rings is 2. The van der Waals surface area contributed by atoms with E-state index in [1.165, 1.54) is 3.58 Å². The van der Waals surface area contributed by atoms with Crippen molar-refractivity contribution in [3.05, 3.63) is 40.6 Å². The topological polar surface area (TPSA) is 44.2 Å². The second kappa shape index (κ2) is 8.79. The van der Waals surface area contributed by atoms with Crippen molar-refractivity contribution in [1.82, 2.24) is 9.97 Å². The fraction of sp³-hybridized carbons (Fsp3) is 0.333. The minimum atomic E-state index is -2.09. The van der Waals surface area contributed by atoms with Gasteiger partial charge in [-0.1, -0.05) is 11.6 Å². The molecule has 2 heterocycles. The zero-order chi connectivity index (χ0) is 16.8. The average molecular weight is 450 g/mol. The molecule has 0 saturated heterocycles. The van der Waals surface area contributed by atoms with Crippen LogP contribution in [0.3, 0.4) is 0 Å². The van der Waals surface area contributed by atoms with Crippen LogP contribution in [0, 0.1) is 0 Å². The molecular formula is C15H20Cl2N2O2Sn. The molecule has 2 rings (SSSR count). The van der Waals surface area contributed by atoms with Crippen LogP contribution in [0.1, 0.15) is 0 Å². The molecule has 0 saturated carbocycles. The molecule has 4 nitrogen and oxygen atoms in total. The van der Waals surface area contributed by atoms with Gasteiger partial charge >= 0.3 is 88.4 Å². The van der Waals surface area contributed by atoms with Gasteiger partial charge in [-0.15, -0.1) is 0 Å². The minimum Gasteiger partial charge on any atom is -0.481 e. The molecule has 0 fully saturated rings. The van der Waals surface area contributed by atoms with Crippen LogP contribution >= 0.6 is 23.2 Å². The van der Waals surface area contributed by atoms with Crippen LogP contribution in [0.5, 0.6) is 11.8 Å². The van der Waals surface area contributed by atoms with Gasteiger partial charge in [0, 0.05) is 12.3 Å². The Labute approximate surface area is 145 Å². The van der Waals surface area contributed by atoms with E-state index >= 15 is 0 Å². The third-order valence-corrected chi connectivity index (χ3v) is 9.53. The van der Waals surface area contributed by atoms with E-state index in [1.54, 1.807) is 38.7 Å². The SMILES string of the molecule is COc1c[c]([Sn]([CH3])([CH3])[CH3])c(Cl)cn1.COc1ccc(Cl)cn1. The standard InChI is InChI=1S/C6H6ClNO.C6H5ClNO.3CH3.Sn/c2*1-9-6-3-2-5(7)4-8-6;;;;/h2-4H,1H3;3-4H,1H3;3*1H3;. The maximum Gasteiger partial charge on any atom is 0.212 e. The van der Waals surface area contributed by atoms with E-state index in [2.05, 4.69) is 24.8 Å². The van der Waals surface area contributed by atoms with E-state index in [4.69, 9.17) is 32.7 Å². The molecule has 120 valence electrons. The van der Waals surface area contributed by atoms with Crippen molar-refractivity contribution in [3.8, 4) is 11.8 Å². The van der Waals surface area contributed by atoms with Crippen molar-refractivity contribution >= 4 is 45.2 Å². The van der Waals surface area contributed by atoms with Crippen molar-refractivity contribution in [2.75, 3.05) is 14.2 Å². The molecule has 7 heteroatoms. The molecule has 0 spiro atoms. The fourth-order valence-corrected chi connectivity index (χ4v) is 7.52. The van der Waals surface area contributed by atoms with E-state index in [1.807, 2.05) is 6.07 Å². The average Bonchev–Trinajstić information content (AvgIpc) is 2.48. The molecule has 0 amide bonds. The Morgan fingerprint density at radius 2 is 1.50 bits per heavy atom. The van der Waals surface area contributed by atoms with Crippen LogP contribution in [-0.4, -0.2) is 42.6 Å². The van der Waals surface area contributed by atoms with Crippen molar-refractivity contribution in [2.24, 2.45) is 0 Å². The van der Waals surface area contributed by atoms with Crippen LogP contribution in [0.25, 0.3) is 0 Å². The first-order valence-corrected chi connectivity index (χ1v) is 17.4. The van der Waals surface area contributed by atoms with Gasteiger partial charge in [-0.05, 0) is 6.07 Å². The molecule has 0 aliphatic carbocycles. The number of hydrogen-bond donors (Lipinski definition) is 0. The summed E-state index contributed by atoms with van der Waals surface area (Å²) in [6, 6.07) is 5.41. The molecule has 0 atom stereocenters. The molecule has 0 aromatic carbocycles. The maximum absolute atomic E-state index is 6.07. The third-order valence-electron chi connectivity index (χ3n) is 2.76. The fourth-order valence-electron chi connectivity index (χ4n) is 1.59. The number of aromatic nitrogens is 2. The summed E-state index contributed by atoms with van der Waals surface area (Å²) in [5.74, 6) is 1.24. The molecule has 0 unspecified atom stereocenters. The zero-order valence-corrected chi connectivity index (χ0v) is 17.7. The van der Waals surface area contributed by atoms with E-state index in [9.17, 15) is 0 Å². The Kier molecular flexibility index (Phi) is 7.72. The van der Waals surface area contributed by atoms with Gasteiger partial charge in [0.25, 0.3) is 0 Å². The van der Waals surface area contributed by atoms with E-state index < -0.39 is 18.4 Å². The zero-order valence-electron chi connectivity index (χ0n) is 13.4. The van der Waals surface area contributed by atoms with Gasteiger partial charge in [0.2, 0.25) is 5.88 Å². The van der Waals surface area contributed by atoms with Crippen LogP contribution < -0.4 is 13.1 Å². The van der Waals surface area contributed by atoms with Gasteiger partial charge in [-0.25, -0.2) is 4.98 Å². The number of hydrogen-bond acceptors (Lipinski definition) is 4. The number of methoxy groups -OCH3 is 2. The largest absolute Gasteiger partial charge is 0.481 e. The summed E-state index contributed by atoms with van der Waals surface area (Å²) in [4.78, 5) is 14.8. The predicted octanol–water partition coefficient (Wildman–Crippen LogP) is 4.03. The second-order valence-electron chi connectivity index (χ2n) is 5.48. The smallest absolute Gasteiger partial charge is 0.212 e. The summed E-state index contributed by atoms with van der Waals surface area (Å²) < 4.78 is 11.1. The number of ether oxygens (including phenoxy) is 2. The summed E-state index contributed by atoms with van der Waals surface area (Å²) >= 11 is 9.53. The van der Waals surface area contributed by atoms with Crippen LogP contribution in [0.2, 0.25) is 24.9 Å². The minimum absolute atomic E-state index is 0.583. The quantitative estimate of drug-likeness (QED) is 0.663. The van der Waals surface area contributed by atoms with Gasteiger partial charge in [0.15, 0.2) is 0 Å². The molecule has 0 bridgehead atoms. The molecule has 2 aromatic rings. The van der Waals surface area contributed by atoms with Gasteiger partial charge < -0.3 is 4.74 Å². The number of nitrogens with zero attached hydrogens (tertiary/aromatic N) is 2. The monoisotopic (exact) mass is 450 g/mol. The summed E-state index contributed by atoms with van der Waals surface area (Å²) in [7, 11) is 3.19. The number of rotatable bonds is 3. The molecule has 0 radical (unpaired) electrons. The van der Waals surface area contributed by atoms with Crippen molar-refractivity contribution < 1.29 is 9.47 Å². The van der Waals surface area contributed by atoms with E-state index in [-0.39, 0.29) is 0 Å². The van der Waals surface area contributed by atoms with Gasteiger partial charge in [0.05, 0.1) is 12.1 Å². The molecule has 2 aromatic heterocycles. The van der Waals surface area contributed by atoms with Gasteiger partial charge in [-0.3, -0.25) is 0 Å². The molecular weight excluding hydrogens is 430 g/mol. The van der Waals surface area contributed by atoms with Crippen LogP contribution in [0.4, 0.5) is 0 Å². The maximum atomic E-state index is 6.07. The summed E-state index contributed by atoms with van der Waals surface area (Å²) in [6.07, 6.45) is 3.22. The van der Waals surface area contributed by atoms with E-state index in [0.717, 1.165) is 5.02 Å². The summed E-state index contributed by atoms with van der Waals surface area (Å²) in [6.45, 7) is 0. The Morgan fingerprint density at radius 1 is 0.909 bits per heavy atom. The molecule has 0 N–H and O–H groups in total. The second-order valence-corrected chi connectivity index (χ2v) is 20.7. The first kappa shape index (κ1) is 19.3. The summed E-state index contributed by atoms with van der Waals surface area (Å²) in [5.41, 5.74) is 0. The van der Waals surface area contributed by atoms with Gasteiger partial charge in [0.1, 0.15) is 0 Å². The first-order chi connectivity index (χ1) is 10.3. The Hall–Kier alpha value is -0.721. The van der Waals surface area contributed by atoms with Gasteiger partial charge in [-0.2, -0.15) is 0 Å². The van der Waals surface area contributed by atoms with Crippen molar-refractivity contribution in [1.29, 1.82) is 0 Å². The summed E-state index contributed by atoms with van der Waals surface area (Å²) in [5, 5.41) is 1.40. The van der Waals surface area contributed by atoms with Crippen LogP contribution in [0.15, 0.2) is 30.6 Å². The van der Waals surface area contributed by atoms with Crippen molar-refractivity contribution in [3.63, 3.8) is 0 Å².